The van der Waals surface area contributed by atoms with E-state index in [0.717, 1.165) is 38.5 Å². The average molecular weight is 352 g/mol. The van der Waals surface area contributed by atoms with E-state index in [2.05, 4.69) is 0 Å². The van der Waals surface area contributed by atoms with Crippen molar-refractivity contribution in [3.05, 3.63) is 0 Å². The highest BCUT2D eigenvalue weighted by Crippen LogP contribution is 2.41. The number of hydrogen-bond acceptors (Lipinski definition) is 6. The molecule has 6 nitrogen and oxygen atoms in total. The number of carbonyl (C=O) groups is 2. The Morgan fingerprint density at radius 2 is 1.24 bits per heavy atom. The molecule has 0 N–H and O–H groups in total. The quantitative estimate of drug-likeness (QED) is 0.539. The molecular formula is C19H28O6. The van der Waals surface area contributed by atoms with E-state index in [1.165, 1.54) is 0 Å². The second kappa shape index (κ2) is 6.88. The summed E-state index contributed by atoms with van der Waals surface area (Å²) in [4.78, 5) is 24.5. The van der Waals surface area contributed by atoms with Gasteiger partial charge in [-0.1, -0.05) is 0 Å². The van der Waals surface area contributed by atoms with E-state index in [4.69, 9.17) is 18.9 Å². The third-order valence-electron chi connectivity index (χ3n) is 5.97. The van der Waals surface area contributed by atoms with Gasteiger partial charge in [0.1, 0.15) is 12.2 Å². The summed E-state index contributed by atoms with van der Waals surface area (Å²) in [5.41, 5.74) is 0. The van der Waals surface area contributed by atoms with Crippen LogP contribution in [0.3, 0.4) is 0 Å². The molecule has 2 saturated heterocycles. The van der Waals surface area contributed by atoms with Crippen molar-refractivity contribution in [3.8, 4) is 0 Å². The van der Waals surface area contributed by atoms with Gasteiger partial charge in [0.15, 0.2) is 0 Å². The van der Waals surface area contributed by atoms with Gasteiger partial charge in [0.05, 0.1) is 36.3 Å². The van der Waals surface area contributed by atoms with Gasteiger partial charge in [0, 0.05) is 6.42 Å². The molecule has 0 amide bonds. The van der Waals surface area contributed by atoms with Crippen molar-refractivity contribution in [1.29, 1.82) is 0 Å². The Bertz CT molecular complexity index is 488. The van der Waals surface area contributed by atoms with Gasteiger partial charge in [0.2, 0.25) is 0 Å². The molecule has 2 saturated carbocycles. The van der Waals surface area contributed by atoms with Crippen molar-refractivity contribution in [3.63, 3.8) is 0 Å². The number of ether oxygens (including phenoxy) is 4. The van der Waals surface area contributed by atoms with Gasteiger partial charge in [-0.15, -0.1) is 0 Å². The molecule has 4 aliphatic rings. The Balaban J connectivity index is 1.17. The van der Waals surface area contributed by atoms with E-state index in [1.807, 2.05) is 13.8 Å². The third kappa shape index (κ3) is 4.17. The largest absolute Gasteiger partial charge is 0.462 e. The summed E-state index contributed by atoms with van der Waals surface area (Å²) < 4.78 is 22.1. The first-order valence-electron chi connectivity index (χ1n) is 9.71. The molecular weight excluding hydrogens is 324 g/mol. The highest BCUT2D eigenvalue weighted by atomic mass is 16.6. The molecule has 8 unspecified atom stereocenters. The Hall–Kier alpha value is -1.14. The number of rotatable bonds is 6. The zero-order chi connectivity index (χ0) is 17.6. The summed E-state index contributed by atoms with van der Waals surface area (Å²) in [7, 11) is 0. The molecule has 2 heterocycles. The zero-order valence-corrected chi connectivity index (χ0v) is 15.0. The minimum absolute atomic E-state index is 0.0437. The first-order valence-corrected chi connectivity index (χ1v) is 9.71. The predicted molar refractivity (Wildman–Crippen MR) is 87.7 cm³/mol. The van der Waals surface area contributed by atoms with Crippen molar-refractivity contribution in [2.24, 2.45) is 11.8 Å². The van der Waals surface area contributed by atoms with Gasteiger partial charge >= 0.3 is 11.9 Å². The topological polar surface area (TPSA) is 77.7 Å². The number of esters is 2. The number of epoxide rings is 2. The summed E-state index contributed by atoms with van der Waals surface area (Å²) in [6.45, 7) is 3.73. The van der Waals surface area contributed by atoms with Gasteiger partial charge < -0.3 is 18.9 Å². The van der Waals surface area contributed by atoms with Crippen molar-refractivity contribution >= 4 is 11.9 Å². The molecule has 4 rings (SSSR count). The maximum atomic E-state index is 12.3. The third-order valence-corrected chi connectivity index (χ3v) is 5.97. The number of carbonyl (C=O) groups excluding carboxylic acids is 2. The van der Waals surface area contributed by atoms with Crippen LogP contribution in [0.1, 0.15) is 58.8 Å². The fourth-order valence-corrected chi connectivity index (χ4v) is 4.39. The molecule has 8 atom stereocenters. The van der Waals surface area contributed by atoms with Gasteiger partial charge in [-0.3, -0.25) is 9.59 Å². The zero-order valence-electron chi connectivity index (χ0n) is 15.0. The lowest BCUT2D eigenvalue weighted by molar-refractivity contribution is -0.160. The standard InChI is InChI=1S/C19H28O6/c1-10(22-18(20)12-3-5-14-16(8-12)24-14)7-11(2)23-19(21)13-4-6-15-17(9-13)25-15/h10-17H,3-9H2,1-2H3. The highest BCUT2D eigenvalue weighted by molar-refractivity contribution is 5.73. The Labute approximate surface area is 148 Å². The lowest BCUT2D eigenvalue weighted by Crippen LogP contribution is -2.31. The summed E-state index contributed by atoms with van der Waals surface area (Å²) in [6, 6.07) is 0. The maximum absolute atomic E-state index is 12.3. The molecule has 0 aromatic rings. The van der Waals surface area contributed by atoms with E-state index < -0.39 is 0 Å². The summed E-state index contributed by atoms with van der Waals surface area (Å²) >= 11 is 0. The van der Waals surface area contributed by atoms with Gasteiger partial charge in [0.25, 0.3) is 0 Å². The lowest BCUT2D eigenvalue weighted by atomic mass is 9.89. The Morgan fingerprint density at radius 3 is 1.64 bits per heavy atom. The minimum Gasteiger partial charge on any atom is -0.462 e. The van der Waals surface area contributed by atoms with Crippen molar-refractivity contribution in [2.45, 2.75) is 95.4 Å². The molecule has 0 bridgehead atoms. The fourth-order valence-electron chi connectivity index (χ4n) is 4.39. The lowest BCUT2D eigenvalue weighted by Gasteiger charge is -2.24. The molecule has 4 fully saturated rings. The van der Waals surface area contributed by atoms with E-state index in [9.17, 15) is 9.59 Å². The Kier molecular flexibility index (Phi) is 4.75. The van der Waals surface area contributed by atoms with Crippen molar-refractivity contribution in [1.82, 2.24) is 0 Å². The van der Waals surface area contributed by atoms with Crippen LogP contribution in [-0.2, 0) is 28.5 Å². The summed E-state index contributed by atoms with van der Waals surface area (Å²) in [5.74, 6) is -0.357. The SMILES string of the molecule is CC(CC(C)OC(=O)C1CCC2OC2C1)OC(=O)C1CCC2OC2C1. The summed E-state index contributed by atoms with van der Waals surface area (Å²) in [6.07, 6.45) is 6.52. The first kappa shape index (κ1) is 17.3. The highest BCUT2D eigenvalue weighted by Gasteiger charge is 2.47. The number of hydrogen-bond donors (Lipinski definition) is 0. The van der Waals surface area contributed by atoms with Crippen LogP contribution in [0.2, 0.25) is 0 Å². The monoisotopic (exact) mass is 352 g/mol. The van der Waals surface area contributed by atoms with Crippen molar-refractivity contribution in [2.75, 3.05) is 0 Å². The average Bonchev–Trinajstić information content (AvgIpc) is 3.46. The fraction of sp³-hybridized carbons (Fsp3) is 0.895. The second-order valence-electron chi connectivity index (χ2n) is 8.18. The van der Waals surface area contributed by atoms with E-state index in [1.54, 1.807) is 0 Å². The van der Waals surface area contributed by atoms with E-state index in [0.29, 0.717) is 18.6 Å². The molecule has 25 heavy (non-hydrogen) atoms. The predicted octanol–water partition coefficient (Wildman–Crippen LogP) is 2.37. The van der Waals surface area contributed by atoms with Crippen LogP contribution in [0.25, 0.3) is 0 Å². The van der Waals surface area contributed by atoms with Crippen LogP contribution in [0.15, 0.2) is 0 Å². The Morgan fingerprint density at radius 1 is 0.800 bits per heavy atom. The van der Waals surface area contributed by atoms with Crippen molar-refractivity contribution < 1.29 is 28.5 Å². The van der Waals surface area contributed by atoms with Crippen LogP contribution in [-0.4, -0.2) is 48.6 Å². The molecule has 6 heteroatoms. The summed E-state index contributed by atoms with van der Waals surface area (Å²) in [5, 5.41) is 0. The van der Waals surface area contributed by atoms with Crippen LogP contribution in [0, 0.1) is 11.8 Å². The van der Waals surface area contributed by atoms with E-state index in [-0.39, 0.29) is 48.2 Å². The minimum atomic E-state index is -0.254. The van der Waals surface area contributed by atoms with Gasteiger partial charge in [-0.25, -0.2) is 0 Å². The van der Waals surface area contributed by atoms with Gasteiger partial charge in [-0.2, -0.15) is 0 Å². The van der Waals surface area contributed by atoms with Crippen LogP contribution >= 0.6 is 0 Å². The van der Waals surface area contributed by atoms with Crippen LogP contribution < -0.4 is 0 Å². The first-order chi connectivity index (χ1) is 12.0. The smallest absolute Gasteiger partial charge is 0.309 e. The van der Waals surface area contributed by atoms with Crippen LogP contribution in [0.4, 0.5) is 0 Å². The number of fused-ring (bicyclic) bond motifs is 2. The molecule has 0 aromatic heterocycles. The second-order valence-corrected chi connectivity index (χ2v) is 8.18. The molecule has 2 aliphatic carbocycles. The normalized spacial score (nSPS) is 40.9. The molecule has 0 aromatic carbocycles. The van der Waals surface area contributed by atoms with Gasteiger partial charge in [-0.05, 0) is 52.4 Å². The molecule has 2 aliphatic heterocycles. The molecule has 140 valence electrons. The van der Waals surface area contributed by atoms with E-state index >= 15 is 0 Å². The van der Waals surface area contributed by atoms with Crippen LogP contribution in [0.5, 0.6) is 0 Å². The molecule has 0 radical (unpaired) electrons. The maximum Gasteiger partial charge on any atom is 0.309 e. The molecule has 0 spiro atoms.